The summed E-state index contributed by atoms with van der Waals surface area (Å²) in [5.74, 6) is -0.178. The molecule has 2 aromatic heterocycles. The number of aromatic amines is 1. The average molecular weight is 437 g/mol. The Kier molecular flexibility index (Phi) is 6.82. The van der Waals surface area contributed by atoms with Gasteiger partial charge in [0.15, 0.2) is 0 Å². The number of anilines is 1. The third-order valence-electron chi connectivity index (χ3n) is 6.97. The number of hydrogen-bond donors (Lipinski definition) is 2. The highest BCUT2D eigenvalue weighted by molar-refractivity contribution is 5.92. The van der Waals surface area contributed by atoms with Gasteiger partial charge in [-0.3, -0.25) is 9.89 Å². The van der Waals surface area contributed by atoms with Crippen molar-refractivity contribution in [1.82, 2.24) is 15.2 Å². The van der Waals surface area contributed by atoms with E-state index >= 15 is 0 Å². The number of aryl methyl sites for hydroxylation is 1. The fourth-order valence-corrected chi connectivity index (χ4v) is 5.14. The molecule has 2 aliphatic rings. The summed E-state index contributed by atoms with van der Waals surface area (Å²) in [6.07, 6.45) is 6.22. The third kappa shape index (κ3) is 5.57. The Morgan fingerprint density at radius 1 is 1.10 bits per heavy atom. The molecule has 2 heterocycles. The van der Waals surface area contributed by atoms with Gasteiger partial charge in [0.1, 0.15) is 11.6 Å². The minimum Gasteiger partial charge on any atom is -0.367 e. The lowest BCUT2D eigenvalue weighted by atomic mass is 9.79. The zero-order valence-electron chi connectivity index (χ0n) is 17.8. The Hall–Kier alpha value is -2.12. The van der Waals surface area contributed by atoms with Crippen molar-refractivity contribution in [1.29, 1.82) is 0 Å². The number of aromatic nitrogens is 3. The van der Waals surface area contributed by atoms with Crippen LogP contribution in [0.2, 0.25) is 0 Å². The number of nitrogens with zero attached hydrogens (tertiary/aromatic N) is 2. The van der Waals surface area contributed by atoms with E-state index in [1.165, 1.54) is 19.3 Å². The van der Waals surface area contributed by atoms with Gasteiger partial charge in [0.2, 0.25) is 0 Å². The maximum Gasteiger partial charge on any atom is 0.391 e. The number of carbonyl (C=O) groups excluding carboxylic acids is 1. The van der Waals surface area contributed by atoms with E-state index < -0.39 is 12.1 Å². The number of hydrogen-bond acceptors (Lipinski definition) is 4. The summed E-state index contributed by atoms with van der Waals surface area (Å²) in [4.78, 5) is 17.1. The van der Waals surface area contributed by atoms with Crippen LogP contribution in [0.15, 0.2) is 12.3 Å². The first kappa shape index (κ1) is 22.1. The second kappa shape index (κ2) is 9.57. The maximum atomic E-state index is 12.8. The van der Waals surface area contributed by atoms with E-state index in [0.29, 0.717) is 38.1 Å². The molecule has 2 saturated carbocycles. The lowest BCUT2D eigenvalue weighted by molar-refractivity contribution is -0.184. The predicted octanol–water partition coefficient (Wildman–Crippen LogP) is 5.96. The van der Waals surface area contributed by atoms with Gasteiger partial charge in [0.05, 0.1) is 16.8 Å². The molecule has 5 nitrogen and oxygen atoms in total. The summed E-state index contributed by atoms with van der Waals surface area (Å²) >= 11 is 0. The Morgan fingerprint density at radius 3 is 2.55 bits per heavy atom. The zero-order valence-corrected chi connectivity index (χ0v) is 17.8. The first-order valence-electron chi connectivity index (χ1n) is 11.6. The fourth-order valence-electron chi connectivity index (χ4n) is 5.14. The molecule has 2 N–H and O–H groups in total. The van der Waals surface area contributed by atoms with Crippen LogP contribution in [0.1, 0.15) is 76.3 Å². The monoisotopic (exact) mass is 436 g/mol. The fraction of sp³-hybridized carbons (Fsp3) is 0.696. The number of pyridine rings is 1. The number of alkyl halides is 3. The number of carbonyl (C=O) groups is 1. The van der Waals surface area contributed by atoms with E-state index in [-0.39, 0.29) is 24.5 Å². The minimum absolute atomic E-state index is 0.0785. The normalized spacial score (nSPS) is 23.2. The second-order valence-corrected chi connectivity index (χ2v) is 9.24. The molecule has 0 amide bonds. The number of ketones is 1. The number of H-pyrrole nitrogens is 1. The van der Waals surface area contributed by atoms with Crippen LogP contribution < -0.4 is 5.32 Å². The molecule has 2 aromatic rings. The van der Waals surface area contributed by atoms with Crippen LogP contribution in [0.25, 0.3) is 10.9 Å². The summed E-state index contributed by atoms with van der Waals surface area (Å²) in [6, 6.07) is 2.28. The molecule has 0 spiro atoms. The standard InChI is InChI=1S/C23H31F3N4O/c24-23(25,26)16-8-6-15(7-9-16)14-18(31)10-11-19-21-20(30-29-19)12-13-27-22(21)28-17-4-2-1-3-5-17/h12-13,15-17H,1-11,14H2,(H,27,28)(H,29,30). The van der Waals surface area contributed by atoms with Crippen molar-refractivity contribution in [2.75, 3.05) is 5.32 Å². The molecule has 31 heavy (non-hydrogen) atoms. The van der Waals surface area contributed by atoms with Gasteiger partial charge in [-0.05, 0) is 56.9 Å². The molecule has 0 aliphatic heterocycles. The Morgan fingerprint density at radius 2 is 1.84 bits per heavy atom. The van der Waals surface area contributed by atoms with Gasteiger partial charge in [-0.25, -0.2) is 4.98 Å². The quantitative estimate of drug-likeness (QED) is 0.562. The highest BCUT2D eigenvalue weighted by atomic mass is 19.4. The second-order valence-electron chi connectivity index (χ2n) is 9.24. The minimum atomic E-state index is -4.10. The van der Waals surface area contributed by atoms with Crippen LogP contribution in [-0.2, 0) is 11.2 Å². The molecule has 0 radical (unpaired) electrons. The molecule has 4 rings (SSSR count). The molecule has 2 fully saturated rings. The molecule has 0 saturated heterocycles. The van der Waals surface area contributed by atoms with Gasteiger partial charge in [-0.1, -0.05) is 19.3 Å². The van der Waals surface area contributed by atoms with Gasteiger partial charge < -0.3 is 5.32 Å². The summed E-state index contributed by atoms with van der Waals surface area (Å²) in [6.45, 7) is 0. The van der Waals surface area contributed by atoms with Gasteiger partial charge >= 0.3 is 6.18 Å². The topological polar surface area (TPSA) is 70.7 Å². The van der Waals surface area contributed by atoms with Crippen molar-refractivity contribution in [3.63, 3.8) is 0 Å². The molecule has 0 bridgehead atoms. The number of rotatable bonds is 7. The summed E-state index contributed by atoms with van der Waals surface area (Å²) in [5, 5.41) is 12.0. The van der Waals surface area contributed by atoms with Crippen LogP contribution in [0.3, 0.4) is 0 Å². The van der Waals surface area contributed by atoms with Gasteiger partial charge in [0.25, 0.3) is 0 Å². The molecule has 2 aliphatic carbocycles. The zero-order chi connectivity index (χ0) is 21.8. The lowest BCUT2D eigenvalue weighted by Crippen LogP contribution is -2.28. The van der Waals surface area contributed by atoms with Gasteiger partial charge in [-0.2, -0.15) is 18.3 Å². The Bertz CT molecular complexity index is 881. The van der Waals surface area contributed by atoms with Crippen LogP contribution in [0.4, 0.5) is 19.0 Å². The van der Waals surface area contributed by atoms with Crippen molar-refractivity contribution in [2.45, 2.75) is 89.3 Å². The van der Waals surface area contributed by atoms with Crippen LogP contribution in [-0.4, -0.2) is 33.2 Å². The molecule has 8 heteroatoms. The third-order valence-corrected chi connectivity index (χ3v) is 6.97. The van der Waals surface area contributed by atoms with Gasteiger partial charge in [0, 0.05) is 30.8 Å². The lowest BCUT2D eigenvalue weighted by Gasteiger charge is -2.29. The van der Waals surface area contributed by atoms with E-state index in [2.05, 4.69) is 20.5 Å². The Labute approximate surface area is 180 Å². The van der Waals surface area contributed by atoms with Crippen LogP contribution in [0, 0.1) is 11.8 Å². The van der Waals surface area contributed by atoms with Crippen molar-refractivity contribution in [3.05, 3.63) is 18.0 Å². The summed E-state index contributed by atoms with van der Waals surface area (Å²) in [7, 11) is 0. The average Bonchev–Trinajstić information content (AvgIpc) is 3.17. The molecular weight excluding hydrogens is 405 g/mol. The Balaban J connectivity index is 1.33. The van der Waals surface area contributed by atoms with E-state index in [1.807, 2.05) is 6.07 Å². The number of nitrogens with one attached hydrogen (secondary N) is 2. The molecular formula is C23H31F3N4O. The van der Waals surface area contributed by atoms with Crippen molar-refractivity contribution in [2.24, 2.45) is 11.8 Å². The van der Waals surface area contributed by atoms with Crippen molar-refractivity contribution in [3.8, 4) is 0 Å². The number of halogens is 3. The van der Waals surface area contributed by atoms with E-state index in [1.54, 1.807) is 6.20 Å². The smallest absolute Gasteiger partial charge is 0.367 e. The summed E-state index contributed by atoms with van der Waals surface area (Å²) < 4.78 is 38.5. The highest BCUT2D eigenvalue weighted by Crippen LogP contribution is 2.40. The van der Waals surface area contributed by atoms with Crippen LogP contribution >= 0.6 is 0 Å². The van der Waals surface area contributed by atoms with E-state index in [4.69, 9.17) is 0 Å². The van der Waals surface area contributed by atoms with E-state index in [9.17, 15) is 18.0 Å². The van der Waals surface area contributed by atoms with Crippen molar-refractivity contribution >= 4 is 22.5 Å². The molecule has 0 unspecified atom stereocenters. The molecule has 170 valence electrons. The van der Waals surface area contributed by atoms with Crippen LogP contribution in [0.5, 0.6) is 0 Å². The predicted molar refractivity (Wildman–Crippen MR) is 114 cm³/mol. The maximum absolute atomic E-state index is 12.8. The first-order valence-corrected chi connectivity index (χ1v) is 11.6. The SMILES string of the molecule is O=C(CCc1[nH]nc2ccnc(NC3CCCCC3)c12)CC1CCC(C(F)(F)F)CC1. The summed E-state index contributed by atoms with van der Waals surface area (Å²) in [5.41, 5.74) is 1.73. The molecule has 0 atom stereocenters. The van der Waals surface area contributed by atoms with Crippen molar-refractivity contribution < 1.29 is 18.0 Å². The first-order chi connectivity index (χ1) is 14.9. The highest BCUT2D eigenvalue weighted by Gasteiger charge is 2.41. The number of Topliss-reactive ketones (excluding diaryl/α,β-unsaturated/α-hetero) is 1. The van der Waals surface area contributed by atoms with E-state index in [0.717, 1.165) is 35.3 Å². The largest absolute Gasteiger partial charge is 0.391 e. The molecule has 0 aromatic carbocycles. The number of fused-ring (bicyclic) bond motifs is 1. The van der Waals surface area contributed by atoms with Gasteiger partial charge in [-0.15, -0.1) is 0 Å².